The molecule has 19 heteroatoms. The highest BCUT2D eigenvalue weighted by atomic mass is 31.2. The number of hydrogen-bond acceptors (Lipinski definition) is 15. The summed E-state index contributed by atoms with van der Waals surface area (Å²) < 4.78 is 68.8. The summed E-state index contributed by atoms with van der Waals surface area (Å²) in [6.45, 7) is 9.71. The summed E-state index contributed by atoms with van der Waals surface area (Å²) in [5, 5.41) is 10.7. The second-order valence-corrected chi connectivity index (χ2v) is 33.3. The number of phosphoric ester groups is 2. The average molecular weight is 1490 g/mol. The number of phosphoric acid groups is 2. The van der Waals surface area contributed by atoms with Crippen molar-refractivity contribution in [3.05, 3.63) is 0 Å². The number of hydrogen-bond donors (Lipinski definition) is 3. The predicted octanol–water partition coefficient (Wildman–Crippen LogP) is 25.1. The molecule has 0 aliphatic rings. The summed E-state index contributed by atoms with van der Waals surface area (Å²) in [6, 6.07) is 0. The topological polar surface area (TPSA) is 237 Å². The van der Waals surface area contributed by atoms with Crippen LogP contribution in [0, 0.1) is 11.8 Å². The van der Waals surface area contributed by atoms with E-state index in [0.717, 1.165) is 102 Å². The Morgan fingerprint density at radius 3 is 0.696 bits per heavy atom. The molecule has 0 rings (SSSR count). The summed E-state index contributed by atoms with van der Waals surface area (Å²) >= 11 is 0. The molecule has 0 spiro atoms. The van der Waals surface area contributed by atoms with E-state index in [4.69, 9.17) is 37.0 Å². The summed E-state index contributed by atoms with van der Waals surface area (Å²) in [6.07, 6.45) is 65.0. The monoisotopic (exact) mass is 1490 g/mol. The van der Waals surface area contributed by atoms with E-state index in [1.54, 1.807) is 0 Å². The van der Waals surface area contributed by atoms with Gasteiger partial charge in [0.25, 0.3) is 0 Å². The van der Waals surface area contributed by atoms with Crippen LogP contribution in [0.1, 0.15) is 440 Å². The Balaban J connectivity index is 5.26. The molecule has 102 heavy (non-hydrogen) atoms. The van der Waals surface area contributed by atoms with Crippen molar-refractivity contribution in [3.8, 4) is 0 Å². The van der Waals surface area contributed by atoms with Crippen LogP contribution in [-0.4, -0.2) is 96.7 Å². The maximum Gasteiger partial charge on any atom is 0.472 e. The van der Waals surface area contributed by atoms with E-state index in [9.17, 15) is 43.2 Å². The highest BCUT2D eigenvalue weighted by Crippen LogP contribution is 2.45. The summed E-state index contributed by atoms with van der Waals surface area (Å²) in [7, 11) is -9.92. The number of esters is 4. The Hall–Kier alpha value is -1.94. The van der Waals surface area contributed by atoms with Gasteiger partial charge >= 0.3 is 39.5 Å². The second-order valence-electron chi connectivity index (χ2n) is 30.4. The Labute approximate surface area is 626 Å². The molecule has 4 unspecified atom stereocenters. The molecule has 3 N–H and O–H groups in total. The number of aliphatic hydroxyl groups excluding tert-OH is 1. The Kier molecular flexibility index (Phi) is 73.1. The SMILES string of the molecule is CCCCCCCCCCCCCCCCCCCCC(=O)OC[C@H](COP(=O)(O)OC[C@@H](O)COP(=O)(O)OC[C@@H](COC(=O)CCCCCCCCCCC(C)CC)OC(=O)CCCCCCCCCCCCCCCC)OC(=O)CCCCCCCCCCCCCCCCC(C)CC. The van der Waals surface area contributed by atoms with Gasteiger partial charge in [-0.1, -0.05) is 388 Å². The van der Waals surface area contributed by atoms with Crippen LogP contribution in [0.2, 0.25) is 0 Å². The van der Waals surface area contributed by atoms with E-state index in [0.29, 0.717) is 25.7 Å². The zero-order valence-electron chi connectivity index (χ0n) is 66.9. The van der Waals surface area contributed by atoms with E-state index in [-0.39, 0.29) is 25.7 Å². The van der Waals surface area contributed by atoms with Crippen LogP contribution in [-0.2, 0) is 65.4 Å². The van der Waals surface area contributed by atoms with Gasteiger partial charge in [0.2, 0.25) is 0 Å². The van der Waals surface area contributed by atoms with Gasteiger partial charge in [-0.05, 0) is 37.5 Å². The standard InChI is InChI=1S/C83H162O17P2/c1-7-11-13-15-17-19-21-23-25-26-27-28-33-36-40-47-53-59-65-80(85)93-71-78(99-83(88)68-62-56-50-42-38-34-30-29-31-35-39-45-51-57-63-75(5)9-3)73-97-101(89,90)95-69-77(84)70-96-102(91,92)98-74-79(72-94-81(86)66-60-54-48-44-43-46-52-58-64-76(6)10-4)100-82(87)67-61-55-49-41-37-32-24-22-20-18-16-14-12-8-2/h75-79,84H,7-74H2,1-6H3,(H,89,90)(H,91,92)/t75?,76?,77-,78-,79-/m1/s1. The van der Waals surface area contributed by atoms with Crippen LogP contribution >= 0.6 is 15.6 Å². The first kappa shape index (κ1) is 100. The number of ether oxygens (including phenoxy) is 4. The Morgan fingerprint density at radius 2 is 0.471 bits per heavy atom. The molecule has 0 aromatic heterocycles. The van der Waals surface area contributed by atoms with Crippen molar-refractivity contribution < 1.29 is 80.2 Å². The molecule has 0 saturated carbocycles. The lowest BCUT2D eigenvalue weighted by Crippen LogP contribution is -2.30. The van der Waals surface area contributed by atoms with Gasteiger partial charge in [0, 0.05) is 25.7 Å². The van der Waals surface area contributed by atoms with E-state index in [1.165, 1.54) is 257 Å². The molecule has 0 aliphatic carbocycles. The van der Waals surface area contributed by atoms with E-state index in [1.807, 2.05) is 0 Å². The summed E-state index contributed by atoms with van der Waals surface area (Å²) in [5.74, 6) is -0.481. The first-order valence-electron chi connectivity index (χ1n) is 43.1. The van der Waals surface area contributed by atoms with E-state index < -0.39 is 97.5 Å². The molecule has 17 nitrogen and oxygen atoms in total. The van der Waals surface area contributed by atoms with Crippen molar-refractivity contribution in [2.75, 3.05) is 39.6 Å². The molecule has 0 aromatic carbocycles. The van der Waals surface area contributed by atoms with Gasteiger partial charge < -0.3 is 33.8 Å². The lowest BCUT2D eigenvalue weighted by atomic mass is 9.99. The lowest BCUT2D eigenvalue weighted by molar-refractivity contribution is -0.161. The number of aliphatic hydroxyl groups is 1. The van der Waals surface area contributed by atoms with Crippen LogP contribution in [0.15, 0.2) is 0 Å². The minimum absolute atomic E-state index is 0.108. The Morgan fingerprint density at radius 1 is 0.275 bits per heavy atom. The van der Waals surface area contributed by atoms with Gasteiger partial charge in [-0.25, -0.2) is 9.13 Å². The molecule has 0 heterocycles. The quantitative estimate of drug-likeness (QED) is 0.0222. The highest BCUT2D eigenvalue weighted by molar-refractivity contribution is 7.47. The van der Waals surface area contributed by atoms with Gasteiger partial charge in [-0.2, -0.15) is 0 Å². The van der Waals surface area contributed by atoms with Crippen molar-refractivity contribution in [2.45, 2.75) is 458 Å². The van der Waals surface area contributed by atoms with Gasteiger partial charge in [-0.15, -0.1) is 0 Å². The summed E-state index contributed by atoms with van der Waals surface area (Å²) in [4.78, 5) is 73.1. The fourth-order valence-corrected chi connectivity index (χ4v) is 14.4. The molecule has 0 radical (unpaired) electrons. The van der Waals surface area contributed by atoms with Crippen molar-refractivity contribution in [1.29, 1.82) is 0 Å². The van der Waals surface area contributed by atoms with Crippen molar-refractivity contribution in [1.82, 2.24) is 0 Å². The van der Waals surface area contributed by atoms with Crippen LogP contribution < -0.4 is 0 Å². The number of carbonyl (C=O) groups is 4. The maximum absolute atomic E-state index is 13.1. The molecule has 0 fully saturated rings. The first-order valence-corrected chi connectivity index (χ1v) is 46.1. The molecular formula is C83H162O17P2. The van der Waals surface area contributed by atoms with Gasteiger partial charge in [-0.3, -0.25) is 37.3 Å². The van der Waals surface area contributed by atoms with Crippen LogP contribution in [0.3, 0.4) is 0 Å². The average Bonchev–Trinajstić information content (AvgIpc) is 0.914. The fraction of sp³-hybridized carbons (Fsp3) is 0.952. The smallest absolute Gasteiger partial charge is 0.462 e. The third-order valence-electron chi connectivity index (χ3n) is 20.2. The van der Waals surface area contributed by atoms with Crippen LogP contribution in [0.5, 0.6) is 0 Å². The van der Waals surface area contributed by atoms with E-state index >= 15 is 0 Å². The van der Waals surface area contributed by atoms with Gasteiger partial charge in [0.15, 0.2) is 12.2 Å². The minimum atomic E-state index is -4.96. The summed E-state index contributed by atoms with van der Waals surface area (Å²) in [5.41, 5.74) is 0. The molecule has 0 aromatic rings. The number of carbonyl (C=O) groups excluding carboxylic acids is 4. The molecule has 0 saturated heterocycles. The highest BCUT2D eigenvalue weighted by Gasteiger charge is 2.30. The normalized spacial score (nSPS) is 14.4. The first-order chi connectivity index (χ1) is 49.4. The maximum atomic E-state index is 13.1. The van der Waals surface area contributed by atoms with Crippen molar-refractivity contribution in [3.63, 3.8) is 0 Å². The number of rotatable bonds is 82. The minimum Gasteiger partial charge on any atom is -0.462 e. The van der Waals surface area contributed by atoms with Gasteiger partial charge in [0.05, 0.1) is 26.4 Å². The lowest BCUT2D eigenvalue weighted by Gasteiger charge is -2.21. The second kappa shape index (κ2) is 74.5. The fourth-order valence-electron chi connectivity index (χ4n) is 12.8. The molecule has 0 amide bonds. The predicted molar refractivity (Wildman–Crippen MR) is 418 cm³/mol. The van der Waals surface area contributed by atoms with Crippen LogP contribution in [0.25, 0.3) is 0 Å². The molecule has 7 atom stereocenters. The van der Waals surface area contributed by atoms with E-state index in [2.05, 4.69) is 41.5 Å². The zero-order chi connectivity index (χ0) is 74.9. The molecule has 606 valence electrons. The van der Waals surface area contributed by atoms with Crippen LogP contribution in [0.4, 0.5) is 0 Å². The molecule has 0 bridgehead atoms. The third kappa shape index (κ3) is 73.6. The van der Waals surface area contributed by atoms with Crippen molar-refractivity contribution >= 4 is 39.5 Å². The van der Waals surface area contributed by atoms with Crippen molar-refractivity contribution in [2.24, 2.45) is 11.8 Å². The molecule has 0 aliphatic heterocycles. The zero-order valence-corrected chi connectivity index (χ0v) is 68.7. The number of unbranched alkanes of at least 4 members (excludes halogenated alkanes) is 50. The largest absolute Gasteiger partial charge is 0.472 e. The molecular weight excluding hydrogens is 1330 g/mol. The third-order valence-corrected chi connectivity index (χ3v) is 22.1. The Bertz CT molecular complexity index is 1960. The van der Waals surface area contributed by atoms with Gasteiger partial charge in [0.1, 0.15) is 19.3 Å².